The molecule has 3 rings (SSSR count). The molecule has 2 aliphatic rings. The monoisotopic (exact) mass is 233 g/mol. The number of thioether (sulfide) groups is 1. The van der Waals surface area contributed by atoms with Gasteiger partial charge in [0.2, 0.25) is 0 Å². The van der Waals surface area contributed by atoms with Gasteiger partial charge in [0.15, 0.2) is 0 Å². The third-order valence-corrected chi connectivity index (χ3v) is 5.50. The lowest BCUT2D eigenvalue weighted by molar-refractivity contribution is 0.391. The van der Waals surface area contributed by atoms with E-state index in [0.717, 1.165) is 6.04 Å². The van der Waals surface area contributed by atoms with Crippen LogP contribution in [0, 0.1) is 0 Å². The molecule has 1 aliphatic heterocycles. The molecule has 0 saturated carbocycles. The van der Waals surface area contributed by atoms with Gasteiger partial charge in [-0.3, -0.25) is 5.32 Å². The third kappa shape index (κ3) is 1.78. The van der Waals surface area contributed by atoms with Crippen LogP contribution in [0.5, 0.6) is 0 Å². The van der Waals surface area contributed by atoms with Crippen LogP contribution in [0.25, 0.3) is 0 Å². The minimum atomic E-state index is 0.356. The summed E-state index contributed by atoms with van der Waals surface area (Å²) in [6, 6.07) is 9.67. The van der Waals surface area contributed by atoms with Crippen molar-refractivity contribution >= 4 is 11.8 Å². The Kier molecular flexibility index (Phi) is 2.72. The van der Waals surface area contributed by atoms with E-state index in [9.17, 15) is 0 Å². The van der Waals surface area contributed by atoms with Gasteiger partial charge in [0.05, 0.1) is 4.87 Å². The molecule has 2 atom stereocenters. The first-order valence-electron chi connectivity index (χ1n) is 6.30. The molecule has 2 heteroatoms. The number of nitrogens with one attached hydrogen (secondary N) is 1. The average molecular weight is 233 g/mol. The minimum Gasteiger partial charge on any atom is -0.299 e. The van der Waals surface area contributed by atoms with Crippen molar-refractivity contribution in [1.29, 1.82) is 0 Å². The molecule has 1 aliphatic carbocycles. The average Bonchev–Trinajstić information content (AvgIpc) is 2.72. The van der Waals surface area contributed by atoms with E-state index >= 15 is 0 Å². The fraction of sp³-hybridized carbons (Fsp3) is 0.571. The number of aryl methyl sites for hydroxylation is 1. The molecule has 1 spiro atoms. The summed E-state index contributed by atoms with van der Waals surface area (Å²) in [5.41, 5.74) is 3.13. The molecule has 1 saturated heterocycles. The first-order chi connectivity index (χ1) is 7.81. The van der Waals surface area contributed by atoms with Crippen molar-refractivity contribution in [2.45, 2.75) is 43.5 Å². The summed E-state index contributed by atoms with van der Waals surface area (Å²) in [4.78, 5) is 0.356. The summed E-state index contributed by atoms with van der Waals surface area (Å²) >= 11 is 2.15. The maximum absolute atomic E-state index is 3.86. The standard InChI is InChI=1S/C14H19NS/c1-2-13-10-16-14(15-13)8-7-11-5-3-4-6-12(11)9-14/h3-6,13,15H,2,7-10H2,1H3. The Morgan fingerprint density at radius 2 is 2.19 bits per heavy atom. The molecule has 16 heavy (non-hydrogen) atoms. The highest BCUT2D eigenvalue weighted by molar-refractivity contribution is 8.00. The summed E-state index contributed by atoms with van der Waals surface area (Å²) in [6.45, 7) is 2.29. The van der Waals surface area contributed by atoms with E-state index in [0.29, 0.717) is 4.87 Å². The van der Waals surface area contributed by atoms with Crippen LogP contribution in [0.4, 0.5) is 0 Å². The first kappa shape index (κ1) is 10.7. The summed E-state index contributed by atoms with van der Waals surface area (Å²) in [5.74, 6) is 1.29. The Morgan fingerprint density at radius 1 is 1.38 bits per heavy atom. The molecule has 0 bridgehead atoms. The molecule has 1 nitrogen and oxygen atoms in total. The summed E-state index contributed by atoms with van der Waals surface area (Å²) in [6.07, 6.45) is 5.01. The van der Waals surface area contributed by atoms with E-state index in [4.69, 9.17) is 0 Å². The molecule has 1 aromatic rings. The van der Waals surface area contributed by atoms with E-state index in [1.54, 1.807) is 11.1 Å². The van der Waals surface area contributed by atoms with Crippen LogP contribution < -0.4 is 5.32 Å². The van der Waals surface area contributed by atoms with Gasteiger partial charge in [-0.2, -0.15) is 0 Å². The molecule has 1 aromatic carbocycles. The van der Waals surface area contributed by atoms with Crippen LogP contribution in [0.15, 0.2) is 24.3 Å². The van der Waals surface area contributed by atoms with Gasteiger partial charge >= 0.3 is 0 Å². The minimum absolute atomic E-state index is 0.356. The second kappa shape index (κ2) is 4.08. The number of hydrogen-bond acceptors (Lipinski definition) is 2. The van der Waals surface area contributed by atoms with Gasteiger partial charge in [-0.1, -0.05) is 31.2 Å². The topological polar surface area (TPSA) is 12.0 Å². The SMILES string of the molecule is CCC1CSC2(CCc3ccccc3C2)N1. The lowest BCUT2D eigenvalue weighted by atomic mass is 9.87. The third-order valence-electron chi connectivity index (χ3n) is 3.91. The zero-order chi connectivity index (χ0) is 11.0. The second-order valence-electron chi connectivity index (χ2n) is 5.00. The van der Waals surface area contributed by atoms with E-state index in [1.807, 2.05) is 0 Å². The van der Waals surface area contributed by atoms with E-state index in [1.165, 1.54) is 31.4 Å². The number of hydrogen-bond donors (Lipinski definition) is 1. The molecule has 0 radical (unpaired) electrons. The van der Waals surface area contributed by atoms with Crippen molar-refractivity contribution in [2.75, 3.05) is 5.75 Å². The first-order valence-corrected chi connectivity index (χ1v) is 7.28. The Morgan fingerprint density at radius 3 is 2.94 bits per heavy atom. The molecule has 0 aromatic heterocycles. The van der Waals surface area contributed by atoms with Crippen LogP contribution in [0.3, 0.4) is 0 Å². The quantitative estimate of drug-likeness (QED) is 0.800. The highest BCUT2D eigenvalue weighted by Crippen LogP contribution is 2.41. The molecule has 1 heterocycles. The van der Waals surface area contributed by atoms with Gasteiger partial charge in [-0.05, 0) is 30.4 Å². The summed E-state index contributed by atoms with van der Waals surface area (Å²) in [7, 11) is 0. The van der Waals surface area contributed by atoms with Crippen LogP contribution in [-0.2, 0) is 12.8 Å². The Labute approximate surface area is 102 Å². The van der Waals surface area contributed by atoms with Crippen LogP contribution in [-0.4, -0.2) is 16.7 Å². The summed E-state index contributed by atoms with van der Waals surface area (Å²) < 4.78 is 0. The molecule has 0 amide bonds. The van der Waals surface area contributed by atoms with Crippen molar-refractivity contribution < 1.29 is 0 Å². The molecular weight excluding hydrogens is 214 g/mol. The van der Waals surface area contributed by atoms with E-state index in [-0.39, 0.29) is 0 Å². The van der Waals surface area contributed by atoms with Crippen LogP contribution in [0.1, 0.15) is 30.9 Å². The van der Waals surface area contributed by atoms with Gasteiger partial charge in [-0.15, -0.1) is 11.8 Å². The normalized spacial score (nSPS) is 32.9. The van der Waals surface area contributed by atoms with Crippen molar-refractivity contribution in [2.24, 2.45) is 0 Å². The van der Waals surface area contributed by atoms with E-state index in [2.05, 4.69) is 48.3 Å². The van der Waals surface area contributed by atoms with Gasteiger partial charge in [-0.25, -0.2) is 0 Å². The van der Waals surface area contributed by atoms with Crippen molar-refractivity contribution in [1.82, 2.24) is 5.32 Å². The number of rotatable bonds is 1. The van der Waals surface area contributed by atoms with Gasteiger partial charge in [0.1, 0.15) is 0 Å². The number of fused-ring (bicyclic) bond motifs is 1. The van der Waals surface area contributed by atoms with Crippen molar-refractivity contribution in [3.05, 3.63) is 35.4 Å². The van der Waals surface area contributed by atoms with Crippen LogP contribution >= 0.6 is 11.8 Å². The van der Waals surface area contributed by atoms with Gasteiger partial charge < -0.3 is 0 Å². The van der Waals surface area contributed by atoms with Crippen molar-refractivity contribution in [3.8, 4) is 0 Å². The second-order valence-corrected chi connectivity index (χ2v) is 6.40. The Balaban J connectivity index is 1.83. The summed E-state index contributed by atoms with van der Waals surface area (Å²) in [5, 5.41) is 3.86. The predicted molar refractivity (Wildman–Crippen MR) is 70.9 cm³/mol. The molecular formula is C14H19NS. The van der Waals surface area contributed by atoms with Crippen LogP contribution in [0.2, 0.25) is 0 Å². The van der Waals surface area contributed by atoms with Crippen molar-refractivity contribution in [3.63, 3.8) is 0 Å². The lowest BCUT2D eigenvalue weighted by Gasteiger charge is -2.34. The zero-order valence-electron chi connectivity index (χ0n) is 9.83. The Hall–Kier alpha value is -0.470. The lowest BCUT2D eigenvalue weighted by Crippen LogP contribution is -2.45. The maximum Gasteiger partial charge on any atom is 0.0692 e. The molecule has 2 unspecified atom stereocenters. The molecule has 1 N–H and O–H groups in total. The fourth-order valence-electron chi connectivity index (χ4n) is 2.89. The number of benzene rings is 1. The van der Waals surface area contributed by atoms with Gasteiger partial charge in [0.25, 0.3) is 0 Å². The Bertz CT molecular complexity index is 390. The highest BCUT2D eigenvalue weighted by atomic mass is 32.2. The fourth-order valence-corrected chi connectivity index (χ4v) is 4.48. The van der Waals surface area contributed by atoms with Gasteiger partial charge in [0, 0.05) is 18.2 Å². The largest absolute Gasteiger partial charge is 0.299 e. The van der Waals surface area contributed by atoms with E-state index < -0.39 is 0 Å². The molecule has 86 valence electrons. The zero-order valence-corrected chi connectivity index (χ0v) is 10.6. The highest BCUT2D eigenvalue weighted by Gasteiger charge is 2.40. The smallest absolute Gasteiger partial charge is 0.0692 e. The maximum atomic E-state index is 3.86. The predicted octanol–water partition coefficient (Wildman–Crippen LogP) is 2.99. The molecule has 1 fully saturated rings.